The molecule has 1 aliphatic rings. The van der Waals surface area contributed by atoms with Crippen LogP contribution >= 0.6 is 11.8 Å². The maximum absolute atomic E-state index is 13.4. The average Bonchev–Trinajstić information content (AvgIpc) is 3.20. The maximum atomic E-state index is 13.4. The number of carbonyl (C=O) groups excluding carboxylic acids is 3. The van der Waals surface area contributed by atoms with E-state index >= 15 is 0 Å². The molecule has 35 heavy (non-hydrogen) atoms. The minimum Gasteiger partial charge on any atom is -0.462 e. The number of carbonyl (C=O) groups is 3. The Morgan fingerprint density at radius 3 is 2.29 bits per heavy atom. The molecule has 2 aromatic carbocycles. The summed E-state index contributed by atoms with van der Waals surface area (Å²) in [5.74, 6) is -1.77. The van der Waals surface area contributed by atoms with E-state index in [0.29, 0.717) is 0 Å². The van der Waals surface area contributed by atoms with Crippen LogP contribution in [0.1, 0.15) is 32.3 Å². The topological polar surface area (TPSA) is 118 Å². The molecule has 0 spiro atoms. The van der Waals surface area contributed by atoms with E-state index in [9.17, 15) is 19.3 Å². The molecule has 1 heterocycles. The Balaban J connectivity index is 1.82. The van der Waals surface area contributed by atoms with E-state index in [4.69, 9.17) is 18.9 Å². The van der Waals surface area contributed by atoms with Crippen LogP contribution in [-0.2, 0) is 39.9 Å². The van der Waals surface area contributed by atoms with Gasteiger partial charge >= 0.3 is 17.9 Å². The van der Waals surface area contributed by atoms with Gasteiger partial charge in [-0.15, -0.1) is 0 Å². The highest BCUT2D eigenvalue weighted by Crippen LogP contribution is 2.47. The van der Waals surface area contributed by atoms with Crippen LogP contribution in [0.15, 0.2) is 70.7 Å². The fraction of sp³-hybridized carbons (Fsp3) is 0.400. The smallest absolute Gasteiger partial charge is 0.349 e. The predicted octanol–water partition coefficient (Wildman–Crippen LogP) is 4.03. The fourth-order valence-corrected chi connectivity index (χ4v) is 4.94. The van der Waals surface area contributed by atoms with E-state index in [1.165, 1.54) is 13.8 Å². The Hall–Kier alpha value is -3.24. The van der Waals surface area contributed by atoms with E-state index < -0.39 is 41.1 Å². The second-order valence-corrected chi connectivity index (χ2v) is 9.37. The molecule has 0 aromatic heterocycles. The van der Waals surface area contributed by atoms with Crippen molar-refractivity contribution >= 4 is 29.7 Å². The molecule has 0 bridgehead atoms. The summed E-state index contributed by atoms with van der Waals surface area (Å²) in [6.45, 7) is 2.28. The van der Waals surface area contributed by atoms with Crippen molar-refractivity contribution in [2.45, 2.75) is 61.4 Å². The molecule has 0 saturated carbocycles. The summed E-state index contributed by atoms with van der Waals surface area (Å²) < 4.78 is 22.0. The first-order valence-electron chi connectivity index (χ1n) is 11.1. The molecule has 1 saturated heterocycles. The van der Waals surface area contributed by atoms with Crippen LogP contribution in [0.2, 0.25) is 0 Å². The molecule has 1 aliphatic heterocycles. The first kappa shape index (κ1) is 26.4. The first-order valence-corrected chi connectivity index (χ1v) is 11.9. The largest absolute Gasteiger partial charge is 0.462 e. The van der Waals surface area contributed by atoms with Gasteiger partial charge in [-0.05, 0) is 17.7 Å². The number of nitrogens with zero attached hydrogens (tertiary/aromatic N) is 1. The Bertz CT molecular complexity index is 1020. The highest BCUT2D eigenvalue weighted by molar-refractivity contribution is 8.01. The van der Waals surface area contributed by atoms with Crippen LogP contribution in [-0.4, -0.2) is 47.7 Å². The zero-order valence-corrected chi connectivity index (χ0v) is 20.3. The van der Waals surface area contributed by atoms with Gasteiger partial charge in [0.05, 0.1) is 6.10 Å². The average molecular weight is 502 g/mol. The van der Waals surface area contributed by atoms with Gasteiger partial charge in [0.2, 0.25) is 4.93 Å². The Morgan fingerprint density at radius 1 is 1.03 bits per heavy atom. The van der Waals surface area contributed by atoms with E-state index in [0.717, 1.165) is 22.2 Å². The molecule has 9 nitrogen and oxygen atoms in total. The van der Waals surface area contributed by atoms with Gasteiger partial charge in [-0.2, -0.15) is 4.91 Å². The molecule has 10 heteroatoms. The highest BCUT2D eigenvalue weighted by atomic mass is 32.2. The molecule has 0 N–H and O–H groups in total. The van der Waals surface area contributed by atoms with Crippen LogP contribution < -0.4 is 0 Å². The number of thioether (sulfide) groups is 1. The second kappa shape index (κ2) is 12.5. The monoisotopic (exact) mass is 501 g/mol. The van der Waals surface area contributed by atoms with E-state index in [1.807, 2.05) is 60.7 Å². The molecule has 3 unspecified atom stereocenters. The van der Waals surface area contributed by atoms with E-state index in [-0.39, 0.29) is 26.1 Å². The quantitative estimate of drug-likeness (QED) is 0.255. The van der Waals surface area contributed by atoms with E-state index in [1.54, 1.807) is 0 Å². The third-order valence-electron chi connectivity index (χ3n) is 5.23. The molecule has 3 rings (SSSR count). The van der Waals surface area contributed by atoms with Crippen LogP contribution in [0.5, 0.6) is 0 Å². The lowest BCUT2D eigenvalue weighted by Crippen LogP contribution is -2.38. The van der Waals surface area contributed by atoms with Crippen molar-refractivity contribution in [3.63, 3.8) is 0 Å². The normalized spacial score (nSPS) is 22.1. The van der Waals surface area contributed by atoms with Crippen molar-refractivity contribution in [3.05, 3.63) is 71.1 Å². The van der Waals surface area contributed by atoms with Crippen molar-refractivity contribution in [1.29, 1.82) is 0 Å². The Morgan fingerprint density at radius 2 is 1.69 bits per heavy atom. The summed E-state index contributed by atoms with van der Waals surface area (Å²) in [6, 6.07) is 17.4. The van der Waals surface area contributed by atoms with Crippen molar-refractivity contribution < 1.29 is 33.3 Å². The molecule has 0 amide bonds. The molecule has 0 radical (unpaired) electrons. The van der Waals surface area contributed by atoms with Crippen LogP contribution in [0.3, 0.4) is 0 Å². The summed E-state index contributed by atoms with van der Waals surface area (Å²) >= 11 is 1.14. The molecule has 4 atom stereocenters. The minimum absolute atomic E-state index is 0.00628. The zero-order valence-electron chi connectivity index (χ0n) is 19.5. The van der Waals surface area contributed by atoms with Crippen molar-refractivity contribution in [2.75, 3.05) is 6.61 Å². The number of ether oxygens (including phenoxy) is 4. The predicted molar refractivity (Wildman–Crippen MR) is 127 cm³/mol. The molecule has 186 valence electrons. The number of hydrogen-bond acceptors (Lipinski definition) is 10. The van der Waals surface area contributed by atoms with Gasteiger partial charge in [0, 0.05) is 31.6 Å². The highest BCUT2D eigenvalue weighted by Gasteiger charge is 2.55. The van der Waals surface area contributed by atoms with Crippen molar-refractivity contribution in [1.82, 2.24) is 0 Å². The third-order valence-corrected chi connectivity index (χ3v) is 6.50. The minimum atomic E-state index is -1.54. The lowest BCUT2D eigenvalue weighted by Gasteiger charge is -2.27. The number of hydrogen-bond donors (Lipinski definition) is 0. The summed E-state index contributed by atoms with van der Waals surface area (Å²) in [6.07, 6.45) is -1.77. The Kier molecular flexibility index (Phi) is 9.39. The van der Waals surface area contributed by atoms with Gasteiger partial charge in [-0.3, -0.25) is 9.59 Å². The summed E-state index contributed by atoms with van der Waals surface area (Å²) in [5.41, 5.74) is 0.802. The number of nitroso groups, excluding NO2 is 1. The zero-order chi connectivity index (χ0) is 25.3. The van der Waals surface area contributed by atoms with Gasteiger partial charge < -0.3 is 18.9 Å². The first-order chi connectivity index (χ1) is 16.8. The summed E-state index contributed by atoms with van der Waals surface area (Å²) in [7, 11) is 0. The van der Waals surface area contributed by atoms with Crippen LogP contribution in [0.25, 0.3) is 0 Å². The molecular formula is C25H27NO8S. The SMILES string of the molecule is CC(=O)OCC(CC1OC(Sc2ccccc2)(C(=O)OCc2ccccc2)C[C@H]1N=O)OC(C)=O. The van der Waals surface area contributed by atoms with Crippen molar-refractivity contribution in [2.24, 2.45) is 5.18 Å². The summed E-state index contributed by atoms with van der Waals surface area (Å²) in [5, 5.41) is 3.19. The fourth-order valence-electron chi connectivity index (χ4n) is 3.69. The van der Waals surface area contributed by atoms with Crippen molar-refractivity contribution in [3.8, 4) is 0 Å². The third kappa shape index (κ3) is 7.63. The van der Waals surface area contributed by atoms with Gasteiger partial charge in [-0.1, -0.05) is 65.5 Å². The van der Waals surface area contributed by atoms with Gasteiger partial charge in [0.1, 0.15) is 25.4 Å². The van der Waals surface area contributed by atoms with Gasteiger partial charge in [0.25, 0.3) is 0 Å². The van der Waals surface area contributed by atoms with Gasteiger partial charge in [-0.25, -0.2) is 4.79 Å². The summed E-state index contributed by atoms with van der Waals surface area (Å²) in [4.78, 5) is 47.1. The number of benzene rings is 2. The van der Waals surface area contributed by atoms with E-state index in [2.05, 4.69) is 5.18 Å². The maximum Gasteiger partial charge on any atom is 0.349 e. The molecule has 0 aliphatic carbocycles. The second-order valence-electron chi connectivity index (χ2n) is 8.03. The molecular weight excluding hydrogens is 474 g/mol. The number of rotatable bonds is 11. The molecule has 1 fully saturated rings. The lowest BCUT2D eigenvalue weighted by molar-refractivity contribution is -0.165. The van der Waals surface area contributed by atoms with Crippen LogP contribution in [0.4, 0.5) is 0 Å². The lowest BCUT2D eigenvalue weighted by atomic mass is 10.0. The van der Waals surface area contributed by atoms with Crippen LogP contribution in [0, 0.1) is 4.91 Å². The number of esters is 3. The standard InChI is InChI=1S/C25H27NO8S/c1-17(27)31-16-20(33-18(2)28)13-23-22(26-30)14-25(34-23,35-21-11-7-4-8-12-21)24(29)32-15-19-9-5-3-6-10-19/h3-12,20,22-23H,13-16H2,1-2H3/t20?,22-,23?,25?/m1/s1. The molecule has 2 aromatic rings. The Labute approximate surface area is 207 Å². The van der Waals surface area contributed by atoms with Gasteiger partial charge in [0.15, 0.2) is 0 Å².